The Kier molecular flexibility index (Phi) is 3.47. The lowest BCUT2D eigenvalue weighted by molar-refractivity contribution is -0.157. The van der Waals surface area contributed by atoms with Crippen molar-refractivity contribution in [1.82, 2.24) is 5.32 Å². The molecule has 1 amide bonds. The monoisotopic (exact) mass is 229 g/mol. The molecule has 1 spiro atoms. The number of aliphatic hydroxyl groups excluding tert-OH is 1. The van der Waals surface area contributed by atoms with Gasteiger partial charge in [0, 0.05) is 31.8 Å². The van der Waals surface area contributed by atoms with Gasteiger partial charge in [-0.25, -0.2) is 0 Å². The minimum absolute atomic E-state index is 0.0778. The fourth-order valence-corrected chi connectivity index (χ4v) is 2.77. The molecule has 2 aliphatic rings. The Morgan fingerprint density at radius 1 is 1.56 bits per heavy atom. The lowest BCUT2D eigenvalue weighted by atomic mass is 9.58. The molecule has 2 fully saturated rings. The van der Waals surface area contributed by atoms with E-state index in [2.05, 4.69) is 5.32 Å². The standard InChI is InChI=1S/C11H19NO4/c1-15-7-10(14)12-8-6-9(13)11(8)2-4-16-5-3-11/h8-9,13H,2-7H2,1H3,(H,12,14)/t8-,9-/m0/s1. The second-order valence-corrected chi connectivity index (χ2v) is 4.65. The number of hydrogen-bond acceptors (Lipinski definition) is 4. The van der Waals surface area contributed by atoms with Crippen molar-refractivity contribution < 1.29 is 19.4 Å². The van der Waals surface area contributed by atoms with E-state index in [4.69, 9.17) is 9.47 Å². The second kappa shape index (κ2) is 4.69. The molecule has 16 heavy (non-hydrogen) atoms. The van der Waals surface area contributed by atoms with Crippen molar-refractivity contribution in [1.29, 1.82) is 0 Å². The van der Waals surface area contributed by atoms with Crippen LogP contribution in [0.5, 0.6) is 0 Å². The largest absolute Gasteiger partial charge is 0.392 e. The number of nitrogens with one attached hydrogen (secondary N) is 1. The van der Waals surface area contributed by atoms with Gasteiger partial charge in [-0.15, -0.1) is 0 Å². The Morgan fingerprint density at radius 2 is 2.25 bits per heavy atom. The van der Waals surface area contributed by atoms with E-state index in [0.29, 0.717) is 19.6 Å². The number of ether oxygens (including phenoxy) is 2. The van der Waals surface area contributed by atoms with Crippen molar-refractivity contribution in [2.45, 2.75) is 31.4 Å². The van der Waals surface area contributed by atoms with Crippen LogP contribution >= 0.6 is 0 Å². The predicted molar refractivity (Wildman–Crippen MR) is 56.9 cm³/mol. The van der Waals surface area contributed by atoms with Gasteiger partial charge in [-0.05, 0) is 19.3 Å². The Labute approximate surface area is 95.1 Å². The minimum Gasteiger partial charge on any atom is -0.392 e. The van der Waals surface area contributed by atoms with E-state index < -0.39 is 0 Å². The van der Waals surface area contributed by atoms with Gasteiger partial charge in [0.2, 0.25) is 5.91 Å². The summed E-state index contributed by atoms with van der Waals surface area (Å²) in [7, 11) is 1.50. The van der Waals surface area contributed by atoms with Crippen LogP contribution < -0.4 is 5.32 Å². The van der Waals surface area contributed by atoms with Gasteiger partial charge in [0.15, 0.2) is 0 Å². The zero-order valence-electron chi connectivity index (χ0n) is 9.57. The topological polar surface area (TPSA) is 67.8 Å². The highest BCUT2D eigenvalue weighted by Crippen LogP contribution is 2.48. The van der Waals surface area contributed by atoms with Gasteiger partial charge in [0.25, 0.3) is 0 Å². The summed E-state index contributed by atoms with van der Waals surface area (Å²) in [6.45, 7) is 1.43. The second-order valence-electron chi connectivity index (χ2n) is 4.65. The van der Waals surface area contributed by atoms with Gasteiger partial charge in [-0.1, -0.05) is 0 Å². The van der Waals surface area contributed by atoms with Crippen LogP contribution in [-0.2, 0) is 14.3 Å². The van der Waals surface area contributed by atoms with Crippen LogP contribution in [0, 0.1) is 5.41 Å². The molecule has 1 saturated carbocycles. The molecule has 0 aromatic heterocycles. The number of hydrogen-bond donors (Lipinski definition) is 2. The number of amides is 1. The summed E-state index contributed by atoms with van der Waals surface area (Å²) in [6.07, 6.45) is 2.00. The number of rotatable bonds is 3. The van der Waals surface area contributed by atoms with Crippen LogP contribution in [0.1, 0.15) is 19.3 Å². The molecule has 5 heteroatoms. The minimum atomic E-state index is -0.302. The average Bonchev–Trinajstić information content (AvgIpc) is 2.30. The van der Waals surface area contributed by atoms with E-state index in [9.17, 15) is 9.90 Å². The summed E-state index contributed by atoms with van der Waals surface area (Å²) >= 11 is 0. The molecule has 92 valence electrons. The molecular formula is C11H19NO4. The highest BCUT2D eigenvalue weighted by molar-refractivity contribution is 5.77. The fraction of sp³-hybridized carbons (Fsp3) is 0.909. The molecule has 0 aromatic rings. The number of aliphatic hydroxyl groups is 1. The molecule has 2 N–H and O–H groups in total. The van der Waals surface area contributed by atoms with Crippen molar-refractivity contribution in [2.24, 2.45) is 5.41 Å². The Morgan fingerprint density at radius 3 is 2.81 bits per heavy atom. The molecule has 0 bridgehead atoms. The van der Waals surface area contributed by atoms with E-state index >= 15 is 0 Å². The maximum atomic E-state index is 11.4. The van der Waals surface area contributed by atoms with Gasteiger partial charge < -0.3 is 19.9 Å². The van der Waals surface area contributed by atoms with E-state index in [-0.39, 0.29) is 30.1 Å². The van der Waals surface area contributed by atoms with Gasteiger partial charge in [0.1, 0.15) is 6.61 Å². The first kappa shape index (κ1) is 11.8. The number of carbonyl (C=O) groups is 1. The van der Waals surface area contributed by atoms with Crippen LogP contribution in [0.2, 0.25) is 0 Å². The predicted octanol–water partition coefficient (Wildman–Crippen LogP) is -0.321. The molecule has 5 nitrogen and oxygen atoms in total. The Hall–Kier alpha value is -0.650. The highest BCUT2D eigenvalue weighted by atomic mass is 16.5. The number of methoxy groups -OCH3 is 1. The molecule has 1 aliphatic carbocycles. The average molecular weight is 229 g/mol. The third kappa shape index (κ3) is 1.95. The summed E-state index contributed by atoms with van der Waals surface area (Å²) in [5.41, 5.74) is -0.151. The number of carbonyl (C=O) groups excluding carboxylic acids is 1. The van der Waals surface area contributed by atoms with Crippen LogP contribution in [0.3, 0.4) is 0 Å². The van der Waals surface area contributed by atoms with Crippen LogP contribution in [0.4, 0.5) is 0 Å². The third-order valence-electron chi connectivity index (χ3n) is 3.85. The maximum absolute atomic E-state index is 11.4. The summed E-state index contributed by atoms with van der Waals surface area (Å²) < 4.78 is 10.1. The molecular weight excluding hydrogens is 210 g/mol. The Balaban J connectivity index is 1.93. The van der Waals surface area contributed by atoms with Crippen LogP contribution in [-0.4, -0.2) is 50.1 Å². The van der Waals surface area contributed by atoms with Gasteiger partial charge in [-0.3, -0.25) is 4.79 Å². The first-order valence-corrected chi connectivity index (χ1v) is 5.73. The molecule has 1 heterocycles. The molecule has 2 rings (SSSR count). The van der Waals surface area contributed by atoms with Crippen molar-refractivity contribution >= 4 is 5.91 Å². The lowest BCUT2D eigenvalue weighted by Gasteiger charge is -2.55. The third-order valence-corrected chi connectivity index (χ3v) is 3.85. The van der Waals surface area contributed by atoms with Crippen LogP contribution in [0.25, 0.3) is 0 Å². The van der Waals surface area contributed by atoms with Crippen molar-refractivity contribution in [3.05, 3.63) is 0 Å². The molecule has 2 atom stereocenters. The van der Waals surface area contributed by atoms with E-state index in [1.807, 2.05) is 0 Å². The van der Waals surface area contributed by atoms with E-state index in [1.54, 1.807) is 0 Å². The SMILES string of the molecule is COCC(=O)N[C@H]1C[C@H](O)C12CCOCC2. The smallest absolute Gasteiger partial charge is 0.246 e. The molecule has 0 unspecified atom stereocenters. The summed E-state index contributed by atoms with van der Waals surface area (Å²) in [5.74, 6) is -0.106. The molecule has 0 aromatic carbocycles. The summed E-state index contributed by atoms with van der Waals surface area (Å²) in [6, 6.07) is 0.0778. The Bertz CT molecular complexity index is 263. The molecule has 1 aliphatic heterocycles. The molecule has 0 radical (unpaired) electrons. The highest BCUT2D eigenvalue weighted by Gasteiger charge is 2.55. The first-order valence-electron chi connectivity index (χ1n) is 5.73. The zero-order chi connectivity index (χ0) is 11.6. The summed E-state index contributed by atoms with van der Waals surface area (Å²) in [5, 5.41) is 12.8. The summed E-state index contributed by atoms with van der Waals surface area (Å²) in [4.78, 5) is 11.4. The van der Waals surface area contributed by atoms with Crippen LogP contribution in [0.15, 0.2) is 0 Å². The fourth-order valence-electron chi connectivity index (χ4n) is 2.77. The van der Waals surface area contributed by atoms with Gasteiger partial charge >= 0.3 is 0 Å². The quantitative estimate of drug-likeness (QED) is 0.696. The molecule has 1 saturated heterocycles. The van der Waals surface area contributed by atoms with Crippen molar-refractivity contribution in [3.63, 3.8) is 0 Å². The van der Waals surface area contributed by atoms with Crippen molar-refractivity contribution in [2.75, 3.05) is 26.9 Å². The van der Waals surface area contributed by atoms with E-state index in [1.165, 1.54) is 7.11 Å². The van der Waals surface area contributed by atoms with Gasteiger partial charge in [0.05, 0.1) is 6.10 Å². The zero-order valence-corrected chi connectivity index (χ0v) is 9.57. The maximum Gasteiger partial charge on any atom is 0.246 e. The first-order chi connectivity index (χ1) is 7.69. The van der Waals surface area contributed by atoms with E-state index in [0.717, 1.165) is 12.8 Å². The normalized spacial score (nSPS) is 32.1. The van der Waals surface area contributed by atoms with Gasteiger partial charge in [-0.2, -0.15) is 0 Å². The lowest BCUT2D eigenvalue weighted by Crippen LogP contribution is -2.66. The van der Waals surface area contributed by atoms with Crippen molar-refractivity contribution in [3.8, 4) is 0 Å².